The lowest BCUT2D eigenvalue weighted by molar-refractivity contribution is -0.180. The summed E-state index contributed by atoms with van der Waals surface area (Å²) in [5.41, 5.74) is 0. The summed E-state index contributed by atoms with van der Waals surface area (Å²) in [5, 5.41) is 0. The van der Waals surface area contributed by atoms with Gasteiger partial charge in [-0.3, -0.25) is 19.2 Å². The number of carbonyl (C=O) groups is 4. The second-order valence-electron chi connectivity index (χ2n) is 4.46. The SMILES string of the molecule is CCC(=O)OC(CC)OC[Si](OC(C)=O)(OC(C)=O)OC(C)=O. The number of rotatable bonds is 9. The van der Waals surface area contributed by atoms with Gasteiger partial charge in [-0.1, -0.05) is 13.8 Å². The first kappa shape index (κ1) is 21.1. The number of esters is 1. The van der Waals surface area contributed by atoms with Crippen molar-refractivity contribution in [2.24, 2.45) is 0 Å². The van der Waals surface area contributed by atoms with Gasteiger partial charge in [0.05, 0.1) is 0 Å². The lowest BCUT2D eigenvalue weighted by Crippen LogP contribution is -2.54. The number of hydrogen-bond donors (Lipinski definition) is 0. The first-order chi connectivity index (χ1) is 10.6. The third-order valence-electron chi connectivity index (χ3n) is 2.23. The predicted octanol–water partition coefficient (Wildman–Crippen LogP) is 0.860. The molecule has 10 heteroatoms. The van der Waals surface area contributed by atoms with Crippen LogP contribution in [-0.4, -0.2) is 45.2 Å². The molecule has 0 radical (unpaired) electrons. The molecule has 0 heterocycles. The van der Waals surface area contributed by atoms with Gasteiger partial charge in [0.1, 0.15) is 0 Å². The third kappa shape index (κ3) is 8.93. The predicted molar refractivity (Wildman–Crippen MR) is 77.5 cm³/mol. The van der Waals surface area contributed by atoms with E-state index in [9.17, 15) is 19.2 Å². The van der Waals surface area contributed by atoms with E-state index in [1.54, 1.807) is 13.8 Å². The van der Waals surface area contributed by atoms with Crippen molar-refractivity contribution < 1.29 is 41.9 Å². The summed E-state index contributed by atoms with van der Waals surface area (Å²) in [6.07, 6.45) is -1.01. The van der Waals surface area contributed by atoms with Crippen molar-refractivity contribution in [3.8, 4) is 0 Å². The maximum atomic E-state index is 11.3. The maximum Gasteiger partial charge on any atom is 0.732 e. The first-order valence-electron chi connectivity index (χ1n) is 7.04. The van der Waals surface area contributed by atoms with E-state index in [0.29, 0.717) is 6.42 Å². The zero-order chi connectivity index (χ0) is 18.0. The van der Waals surface area contributed by atoms with Crippen LogP contribution in [0.3, 0.4) is 0 Å². The van der Waals surface area contributed by atoms with E-state index >= 15 is 0 Å². The minimum atomic E-state index is -4.09. The molecular formula is C13H22O9Si. The van der Waals surface area contributed by atoms with E-state index in [1.165, 1.54) is 0 Å². The average molecular weight is 350 g/mol. The normalized spacial score (nSPS) is 12.0. The summed E-state index contributed by atoms with van der Waals surface area (Å²) >= 11 is 0. The lowest BCUT2D eigenvalue weighted by Gasteiger charge is -2.27. The molecule has 0 amide bonds. The van der Waals surface area contributed by atoms with E-state index in [0.717, 1.165) is 20.8 Å². The molecule has 0 fully saturated rings. The molecule has 23 heavy (non-hydrogen) atoms. The highest BCUT2D eigenvalue weighted by atomic mass is 28.4. The van der Waals surface area contributed by atoms with Crippen molar-refractivity contribution in [2.75, 3.05) is 6.23 Å². The molecule has 0 N–H and O–H groups in total. The number of carbonyl (C=O) groups excluding carboxylic acids is 4. The van der Waals surface area contributed by atoms with Crippen molar-refractivity contribution >= 4 is 32.7 Å². The Hall–Kier alpha value is -1.94. The summed E-state index contributed by atoms with van der Waals surface area (Å²) in [4.78, 5) is 45.0. The van der Waals surface area contributed by atoms with Gasteiger partial charge in [-0.25, -0.2) is 0 Å². The van der Waals surface area contributed by atoms with Crippen molar-refractivity contribution in [3.05, 3.63) is 0 Å². The highest BCUT2D eigenvalue weighted by Gasteiger charge is 2.53. The monoisotopic (exact) mass is 350 g/mol. The van der Waals surface area contributed by atoms with Gasteiger partial charge >= 0.3 is 14.8 Å². The topological polar surface area (TPSA) is 114 Å². The highest BCUT2D eigenvalue weighted by Crippen LogP contribution is 2.15. The molecule has 0 saturated heterocycles. The van der Waals surface area contributed by atoms with Crippen LogP contribution < -0.4 is 0 Å². The second-order valence-corrected chi connectivity index (χ2v) is 6.72. The van der Waals surface area contributed by atoms with Crippen LogP contribution in [0.25, 0.3) is 0 Å². The molecule has 0 rings (SSSR count). The molecule has 0 bridgehead atoms. The molecule has 1 atom stereocenters. The minimum absolute atomic E-state index is 0.153. The van der Waals surface area contributed by atoms with Crippen molar-refractivity contribution in [1.29, 1.82) is 0 Å². The molecule has 0 aliphatic rings. The quantitative estimate of drug-likeness (QED) is 0.339. The molecule has 0 spiro atoms. The molecular weight excluding hydrogens is 328 g/mol. The van der Waals surface area contributed by atoms with Gasteiger partial charge in [-0.15, -0.1) is 0 Å². The summed E-state index contributed by atoms with van der Waals surface area (Å²) in [7, 11) is -4.09. The van der Waals surface area contributed by atoms with Crippen LogP contribution >= 0.6 is 0 Å². The van der Waals surface area contributed by atoms with E-state index in [-0.39, 0.29) is 6.42 Å². The van der Waals surface area contributed by atoms with Crippen LogP contribution in [0.4, 0.5) is 0 Å². The molecule has 0 aliphatic carbocycles. The molecule has 132 valence electrons. The number of ether oxygens (including phenoxy) is 2. The molecule has 9 nitrogen and oxygen atoms in total. The molecule has 0 aromatic heterocycles. The van der Waals surface area contributed by atoms with E-state index < -0.39 is 45.2 Å². The molecule has 1 unspecified atom stereocenters. The Bertz CT molecular complexity index is 408. The molecule has 0 aromatic rings. The van der Waals surface area contributed by atoms with Crippen LogP contribution in [0.2, 0.25) is 0 Å². The Morgan fingerprint density at radius 3 is 1.61 bits per heavy atom. The van der Waals surface area contributed by atoms with Gasteiger partial charge < -0.3 is 22.8 Å². The fourth-order valence-corrected chi connectivity index (χ4v) is 3.47. The van der Waals surface area contributed by atoms with Crippen LogP contribution in [0, 0.1) is 0 Å². The van der Waals surface area contributed by atoms with Gasteiger partial charge in [0.2, 0.25) is 6.29 Å². The fraction of sp³-hybridized carbons (Fsp3) is 0.692. The van der Waals surface area contributed by atoms with Gasteiger partial charge in [0.25, 0.3) is 17.9 Å². The van der Waals surface area contributed by atoms with Crippen LogP contribution in [0.15, 0.2) is 0 Å². The van der Waals surface area contributed by atoms with E-state index in [2.05, 4.69) is 0 Å². The second kappa shape index (κ2) is 9.95. The van der Waals surface area contributed by atoms with Crippen LogP contribution in [-0.2, 0) is 41.9 Å². The molecule has 0 saturated carbocycles. The van der Waals surface area contributed by atoms with Gasteiger partial charge in [0.15, 0.2) is 6.23 Å². The highest BCUT2D eigenvalue weighted by molar-refractivity contribution is 6.65. The Balaban J connectivity index is 5.15. The van der Waals surface area contributed by atoms with E-state index in [4.69, 9.17) is 22.8 Å². The fourth-order valence-electron chi connectivity index (χ4n) is 1.47. The third-order valence-corrected chi connectivity index (χ3v) is 4.54. The average Bonchev–Trinajstić information content (AvgIpc) is 2.40. The lowest BCUT2D eigenvalue weighted by atomic mass is 10.4. The van der Waals surface area contributed by atoms with Crippen molar-refractivity contribution in [1.82, 2.24) is 0 Å². The largest absolute Gasteiger partial charge is 0.732 e. The Kier molecular flexibility index (Phi) is 9.11. The van der Waals surface area contributed by atoms with E-state index in [1.807, 2.05) is 0 Å². The smallest absolute Gasteiger partial charge is 0.454 e. The minimum Gasteiger partial charge on any atom is -0.454 e. The number of hydrogen-bond acceptors (Lipinski definition) is 9. The summed E-state index contributed by atoms with van der Waals surface area (Å²) in [5.74, 6) is -2.90. The summed E-state index contributed by atoms with van der Waals surface area (Å²) in [6.45, 7) is 6.53. The maximum absolute atomic E-state index is 11.3. The van der Waals surface area contributed by atoms with Gasteiger partial charge in [-0.2, -0.15) is 0 Å². The zero-order valence-electron chi connectivity index (χ0n) is 13.9. The van der Waals surface area contributed by atoms with Gasteiger partial charge in [-0.05, 0) is 0 Å². The van der Waals surface area contributed by atoms with Gasteiger partial charge in [0, 0.05) is 33.6 Å². The van der Waals surface area contributed by atoms with Crippen molar-refractivity contribution in [3.63, 3.8) is 0 Å². The Labute approximate surface area is 135 Å². The van der Waals surface area contributed by atoms with Crippen molar-refractivity contribution in [2.45, 2.75) is 53.8 Å². The Morgan fingerprint density at radius 2 is 1.30 bits per heavy atom. The summed E-state index contributed by atoms with van der Waals surface area (Å²) in [6, 6.07) is 0. The molecule has 0 aromatic carbocycles. The van der Waals surface area contributed by atoms with Crippen LogP contribution in [0.1, 0.15) is 47.5 Å². The standard InChI is InChI=1S/C13H22O9Si/c1-6-12(17)19-13(7-2)18-8-23(20-9(3)14,21-10(4)15)22-11(5)16/h13H,6-8H2,1-5H3. The summed E-state index contributed by atoms with van der Waals surface area (Å²) < 4.78 is 25.1. The first-order valence-corrected chi connectivity index (χ1v) is 8.97. The Morgan fingerprint density at radius 1 is 0.870 bits per heavy atom. The van der Waals surface area contributed by atoms with Crippen LogP contribution in [0.5, 0.6) is 0 Å². The zero-order valence-corrected chi connectivity index (χ0v) is 14.9. The molecule has 0 aliphatic heterocycles.